The average Bonchev–Trinajstić information content (AvgIpc) is 2.68. The molecule has 1 amide bonds. The van der Waals surface area contributed by atoms with Gasteiger partial charge in [-0.1, -0.05) is 41.9 Å². The molecular formula is C21H25ClN2O4. The van der Waals surface area contributed by atoms with Gasteiger partial charge in [-0.05, 0) is 30.7 Å². The zero-order valence-electron chi connectivity index (χ0n) is 16.0. The van der Waals surface area contributed by atoms with Crippen LogP contribution in [0.15, 0.2) is 48.5 Å². The first-order valence-electron chi connectivity index (χ1n) is 9.10. The maximum Gasteiger partial charge on any atom is 0.328 e. The first-order chi connectivity index (χ1) is 13.5. The molecule has 150 valence electrons. The van der Waals surface area contributed by atoms with Gasteiger partial charge in [-0.2, -0.15) is 0 Å². The molecule has 1 unspecified atom stereocenters. The smallest absolute Gasteiger partial charge is 0.328 e. The van der Waals surface area contributed by atoms with Crippen LogP contribution >= 0.6 is 11.6 Å². The lowest BCUT2D eigenvalue weighted by Gasteiger charge is -2.18. The first kappa shape index (κ1) is 21.6. The van der Waals surface area contributed by atoms with Gasteiger partial charge in [0.2, 0.25) is 5.91 Å². The Morgan fingerprint density at radius 1 is 1.14 bits per heavy atom. The number of benzene rings is 2. The van der Waals surface area contributed by atoms with Crippen LogP contribution in [0.25, 0.3) is 0 Å². The Hall–Kier alpha value is -2.73. The summed E-state index contributed by atoms with van der Waals surface area (Å²) in [6.45, 7) is 2.36. The van der Waals surface area contributed by atoms with E-state index in [1.807, 2.05) is 30.3 Å². The molecule has 2 aromatic rings. The van der Waals surface area contributed by atoms with Crippen LogP contribution in [0.3, 0.4) is 0 Å². The molecule has 2 aromatic carbocycles. The van der Waals surface area contributed by atoms with Crippen LogP contribution < -0.4 is 15.4 Å². The molecule has 0 aromatic heterocycles. The Morgan fingerprint density at radius 2 is 1.89 bits per heavy atom. The summed E-state index contributed by atoms with van der Waals surface area (Å²) in [5.74, 6) is -0.0510. The minimum atomic E-state index is -0.726. The van der Waals surface area contributed by atoms with Gasteiger partial charge in [0.25, 0.3) is 0 Å². The van der Waals surface area contributed by atoms with Crippen LogP contribution in [-0.4, -0.2) is 38.2 Å². The third-order valence-corrected chi connectivity index (χ3v) is 4.25. The van der Waals surface area contributed by atoms with Crippen molar-refractivity contribution in [2.24, 2.45) is 0 Å². The summed E-state index contributed by atoms with van der Waals surface area (Å²) >= 11 is 6.00. The zero-order chi connectivity index (χ0) is 20.4. The molecule has 0 saturated carbocycles. The van der Waals surface area contributed by atoms with Crippen LogP contribution in [0.4, 0.5) is 5.69 Å². The topological polar surface area (TPSA) is 76.7 Å². The van der Waals surface area contributed by atoms with Gasteiger partial charge in [0.05, 0.1) is 19.4 Å². The van der Waals surface area contributed by atoms with Gasteiger partial charge in [0.1, 0.15) is 11.8 Å². The van der Waals surface area contributed by atoms with Crippen molar-refractivity contribution in [1.82, 2.24) is 5.32 Å². The van der Waals surface area contributed by atoms with E-state index in [4.69, 9.17) is 21.1 Å². The number of esters is 1. The van der Waals surface area contributed by atoms with E-state index in [0.717, 1.165) is 5.56 Å². The molecular weight excluding hydrogens is 380 g/mol. The van der Waals surface area contributed by atoms with E-state index in [9.17, 15) is 9.59 Å². The second-order valence-corrected chi connectivity index (χ2v) is 6.52. The molecule has 0 aliphatic carbocycles. The summed E-state index contributed by atoms with van der Waals surface area (Å²) < 4.78 is 10.4. The van der Waals surface area contributed by atoms with E-state index < -0.39 is 12.0 Å². The summed E-state index contributed by atoms with van der Waals surface area (Å²) in [4.78, 5) is 24.6. The highest BCUT2D eigenvalue weighted by atomic mass is 35.5. The Morgan fingerprint density at radius 3 is 2.57 bits per heavy atom. The van der Waals surface area contributed by atoms with E-state index >= 15 is 0 Å². The number of rotatable bonds is 10. The predicted octanol–water partition coefficient (Wildman–Crippen LogP) is 3.44. The van der Waals surface area contributed by atoms with Crippen molar-refractivity contribution in [1.29, 1.82) is 0 Å². The fraction of sp³-hybridized carbons (Fsp3) is 0.333. The van der Waals surface area contributed by atoms with Crippen molar-refractivity contribution < 1.29 is 19.1 Å². The largest absolute Gasteiger partial charge is 0.495 e. The van der Waals surface area contributed by atoms with Gasteiger partial charge in [-0.3, -0.25) is 4.79 Å². The number of ether oxygens (including phenoxy) is 2. The summed E-state index contributed by atoms with van der Waals surface area (Å²) in [6, 6.07) is 14.0. The molecule has 0 saturated heterocycles. The van der Waals surface area contributed by atoms with Crippen LogP contribution in [0.2, 0.25) is 5.02 Å². The molecule has 2 rings (SSSR count). The van der Waals surface area contributed by atoms with Crippen molar-refractivity contribution >= 4 is 29.2 Å². The predicted molar refractivity (Wildman–Crippen MR) is 110 cm³/mol. The minimum Gasteiger partial charge on any atom is -0.495 e. The van der Waals surface area contributed by atoms with Gasteiger partial charge in [0, 0.05) is 24.4 Å². The van der Waals surface area contributed by atoms with Gasteiger partial charge in [-0.15, -0.1) is 0 Å². The highest BCUT2D eigenvalue weighted by Gasteiger charge is 2.22. The van der Waals surface area contributed by atoms with Gasteiger partial charge < -0.3 is 20.1 Å². The maximum atomic E-state index is 12.3. The van der Waals surface area contributed by atoms with Crippen LogP contribution in [-0.2, 0) is 20.7 Å². The third-order valence-electron chi connectivity index (χ3n) is 4.02. The highest BCUT2D eigenvalue weighted by molar-refractivity contribution is 6.30. The van der Waals surface area contributed by atoms with Crippen LogP contribution in [0.1, 0.15) is 18.9 Å². The Balaban J connectivity index is 1.92. The minimum absolute atomic E-state index is 0.181. The van der Waals surface area contributed by atoms with Crippen LogP contribution in [0.5, 0.6) is 5.75 Å². The Kier molecular flexibility index (Phi) is 8.62. The lowest BCUT2D eigenvalue weighted by atomic mass is 10.1. The molecule has 0 heterocycles. The number of hydrogen-bond acceptors (Lipinski definition) is 5. The van der Waals surface area contributed by atoms with E-state index in [1.165, 1.54) is 0 Å². The van der Waals surface area contributed by atoms with Crippen LogP contribution in [0, 0.1) is 0 Å². The molecule has 0 bridgehead atoms. The molecule has 0 aliphatic rings. The number of carbonyl (C=O) groups excluding carboxylic acids is 2. The number of amides is 1. The molecule has 28 heavy (non-hydrogen) atoms. The standard InChI is InChI=1S/C21H25ClN2O4/c1-3-28-21(26)18(13-15-7-5-4-6-8-15)24-20(25)11-12-23-17-14-16(22)9-10-19(17)27-2/h4-10,14,18,23H,3,11-13H2,1-2H3,(H,24,25). The fourth-order valence-corrected chi connectivity index (χ4v) is 2.85. The SMILES string of the molecule is CCOC(=O)C(Cc1ccccc1)NC(=O)CCNc1cc(Cl)ccc1OC. The van der Waals surface area contributed by atoms with E-state index in [0.29, 0.717) is 29.4 Å². The maximum absolute atomic E-state index is 12.3. The Bertz CT molecular complexity index is 783. The molecule has 2 N–H and O–H groups in total. The summed E-state index contributed by atoms with van der Waals surface area (Å²) in [5, 5.41) is 6.46. The molecule has 0 spiro atoms. The number of hydrogen-bond donors (Lipinski definition) is 2. The van der Waals surface area contributed by atoms with Crippen molar-refractivity contribution in [2.75, 3.05) is 25.6 Å². The summed E-state index contributed by atoms with van der Waals surface area (Å²) in [6.07, 6.45) is 0.557. The van der Waals surface area contributed by atoms with E-state index in [1.54, 1.807) is 32.2 Å². The molecule has 0 fully saturated rings. The third kappa shape index (κ3) is 6.78. The highest BCUT2D eigenvalue weighted by Crippen LogP contribution is 2.27. The van der Waals surface area contributed by atoms with Crippen molar-refractivity contribution in [2.45, 2.75) is 25.8 Å². The van der Waals surface area contributed by atoms with Crippen molar-refractivity contribution in [3.05, 3.63) is 59.1 Å². The lowest BCUT2D eigenvalue weighted by Crippen LogP contribution is -2.43. The number of halogens is 1. The van der Waals surface area contributed by atoms with Gasteiger partial charge in [0.15, 0.2) is 0 Å². The van der Waals surface area contributed by atoms with Crippen molar-refractivity contribution in [3.8, 4) is 5.75 Å². The molecule has 1 atom stereocenters. The average molecular weight is 405 g/mol. The fourth-order valence-electron chi connectivity index (χ4n) is 2.68. The molecule has 7 heteroatoms. The molecule has 0 aliphatic heterocycles. The summed E-state index contributed by atoms with van der Waals surface area (Å²) in [5.41, 5.74) is 1.65. The normalized spacial score (nSPS) is 11.4. The second kappa shape index (κ2) is 11.2. The Labute approximate surface area is 170 Å². The number of carbonyl (C=O) groups is 2. The van der Waals surface area contributed by atoms with E-state index in [-0.39, 0.29) is 18.9 Å². The van der Waals surface area contributed by atoms with Gasteiger partial charge in [-0.25, -0.2) is 4.79 Å². The quantitative estimate of drug-likeness (QED) is 0.593. The summed E-state index contributed by atoms with van der Waals surface area (Å²) in [7, 11) is 1.56. The molecule has 6 nitrogen and oxygen atoms in total. The lowest BCUT2D eigenvalue weighted by molar-refractivity contribution is -0.147. The first-order valence-corrected chi connectivity index (χ1v) is 9.48. The number of nitrogens with one attached hydrogen (secondary N) is 2. The van der Waals surface area contributed by atoms with Crippen molar-refractivity contribution in [3.63, 3.8) is 0 Å². The van der Waals surface area contributed by atoms with E-state index in [2.05, 4.69) is 10.6 Å². The van der Waals surface area contributed by atoms with Gasteiger partial charge >= 0.3 is 5.97 Å². The molecule has 0 radical (unpaired) electrons. The number of anilines is 1. The zero-order valence-corrected chi connectivity index (χ0v) is 16.8. The monoisotopic (exact) mass is 404 g/mol. The second-order valence-electron chi connectivity index (χ2n) is 6.08. The number of methoxy groups -OCH3 is 1.